The number of carbonyl (C=O) groups is 3. The van der Waals surface area contributed by atoms with Crippen molar-refractivity contribution in [2.45, 2.75) is 70.1 Å². The Morgan fingerprint density at radius 3 is 2.03 bits per heavy atom. The van der Waals surface area contributed by atoms with Crippen LogP contribution in [0.5, 0.6) is 0 Å². The van der Waals surface area contributed by atoms with E-state index in [1.807, 2.05) is 36.4 Å². The Labute approximate surface area is 231 Å². The Morgan fingerprint density at radius 2 is 1.49 bits per heavy atom. The van der Waals surface area contributed by atoms with Gasteiger partial charge in [0.25, 0.3) is 0 Å². The van der Waals surface area contributed by atoms with Crippen LogP contribution in [0, 0.1) is 0 Å². The molecule has 0 radical (unpaired) electrons. The molecule has 2 amide bonds. The molecule has 7 heteroatoms. The summed E-state index contributed by atoms with van der Waals surface area (Å²) in [4.78, 5) is 40.8. The van der Waals surface area contributed by atoms with Crippen molar-refractivity contribution in [3.8, 4) is 11.1 Å². The molecule has 1 aliphatic carbocycles. The summed E-state index contributed by atoms with van der Waals surface area (Å²) in [5.41, 5.74) is 3.78. The number of hydrogen-bond acceptors (Lipinski definition) is 5. The number of rotatable bonds is 12. The van der Waals surface area contributed by atoms with Gasteiger partial charge in [-0.1, -0.05) is 60.7 Å². The van der Waals surface area contributed by atoms with Crippen molar-refractivity contribution in [1.29, 1.82) is 0 Å². The molecule has 7 nitrogen and oxygen atoms in total. The zero-order chi connectivity index (χ0) is 28.6. The molecule has 0 aliphatic heterocycles. The Morgan fingerprint density at radius 1 is 0.949 bits per heavy atom. The topological polar surface area (TPSA) is 84.9 Å². The van der Waals surface area contributed by atoms with Crippen molar-refractivity contribution in [2.75, 3.05) is 13.7 Å². The maximum Gasteiger partial charge on any atom is 0.407 e. The quantitative estimate of drug-likeness (QED) is 0.268. The fourth-order valence-corrected chi connectivity index (χ4v) is 4.84. The Kier molecular flexibility index (Phi) is 10.1. The van der Waals surface area contributed by atoms with Crippen LogP contribution in [0.4, 0.5) is 4.79 Å². The molecule has 2 aromatic rings. The summed E-state index contributed by atoms with van der Waals surface area (Å²) in [6, 6.07) is 14.5. The summed E-state index contributed by atoms with van der Waals surface area (Å²) >= 11 is 0. The van der Waals surface area contributed by atoms with Crippen LogP contribution in [-0.4, -0.2) is 54.2 Å². The molecular formula is C32H40N2O5. The van der Waals surface area contributed by atoms with E-state index in [1.165, 1.54) is 4.90 Å². The lowest BCUT2D eigenvalue weighted by atomic mass is 9.98. The molecule has 2 aromatic carbocycles. The minimum Gasteiger partial charge on any atom is -0.458 e. The third-order valence-electron chi connectivity index (χ3n) is 6.73. The van der Waals surface area contributed by atoms with Gasteiger partial charge < -0.3 is 19.7 Å². The maximum absolute atomic E-state index is 13.5. The van der Waals surface area contributed by atoms with Gasteiger partial charge in [0, 0.05) is 13.0 Å². The van der Waals surface area contributed by atoms with Crippen molar-refractivity contribution in [1.82, 2.24) is 10.2 Å². The van der Waals surface area contributed by atoms with E-state index in [0.29, 0.717) is 25.7 Å². The summed E-state index contributed by atoms with van der Waals surface area (Å²) in [5.74, 6) is -0.988. The summed E-state index contributed by atoms with van der Waals surface area (Å²) in [5, 5.41) is 2.73. The maximum atomic E-state index is 13.5. The van der Waals surface area contributed by atoms with Crippen molar-refractivity contribution in [3.05, 3.63) is 85.0 Å². The SMILES string of the molecule is C=CCC[C@H](NC(=O)OCC1c2ccccc2-c2ccccc21)C(=O)N(C)[C@@H](CCC=C)C(=O)OC(C)(C)C. The molecule has 0 fully saturated rings. The normalized spacial score (nSPS) is 13.8. The predicted molar refractivity (Wildman–Crippen MR) is 153 cm³/mol. The fraction of sp³-hybridized carbons (Fsp3) is 0.406. The van der Waals surface area contributed by atoms with Crippen LogP contribution in [0.15, 0.2) is 73.8 Å². The molecule has 3 rings (SSSR count). The summed E-state index contributed by atoms with van der Waals surface area (Å²) in [6.07, 6.45) is 4.39. The van der Waals surface area contributed by atoms with Gasteiger partial charge in [0.2, 0.25) is 5.91 Å². The average molecular weight is 533 g/mol. The van der Waals surface area contributed by atoms with E-state index >= 15 is 0 Å². The van der Waals surface area contributed by atoms with Crippen molar-refractivity contribution < 1.29 is 23.9 Å². The number of alkyl carbamates (subject to hydrolysis) is 1. The average Bonchev–Trinajstić information content (AvgIpc) is 3.22. The van der Waals surface area contributed by atoms with Gasteiger partial charge in [-0.25, -0.2) is 9.59 Å². The minimum atomic E-state index is -0.891. The lowest BCUT2D eigenvalue weighted by molar-refractivity contribution is -0.164. The molecule has 1 N–H and O–H groups in total. The molecule has 0 heterocycles. The van der Waals surface area contributed by atoms with Crippen LogP contribution in [0.3, 0.4) is 0 Å². The Hall–Kier alpha value is -3.87. The number of allylic oxidation sites excluding steroid dienone is 2. The third kappa shape index (κ3) is 7.59. The molecule has 0 aromatic heterocycles. The zero-order valence-electron chi connectivity index (χ0n) is 23.4. The third-order valence-corrected chi connectivity index (χ3v) is 6.73. The number of esters is 1. The van der Waals surface area contributed by atoms with Crippen LogP contribution in [-0.2, 0) is 19.1 Å². The summed E-state index contributed by atoms with van der Waals surface area (Å²) in [6.45, 7) is 12.9. The van der Waals surface area contributed by atoms with Gasteiger partial charge in [-0.3, -0.25) is 4.79 Å². The fourth-order valence-electron chi connectivity index (χ4n) is 4.84. The van der Waals surface area contributed by atoms with Gasteiger partial charge in [-0.15, -0.1) is 13.2 Å². The molecule has 2 atom stereocenters. The van der Waals surface area contributed by atoms with Crippen molar-refractivity contribution in [3.63, 3.8) is 0 Å². The number of nitrogens with one attached hydrogen (secondary N) is 1. The molecule has 0 saturated heterocycles. The number of benzene rings is 2. The number of hydrogen-bond donors (Lipinski definition) is 1. The second-order valence-electron chi connectivity index (χ2n) is 10.8. The van der Waals surface area contributed by atoms with Crippen molar-refractivity contribution >= 4 is 18.0 Å². The number of amides is 2. The Balaban J connectivity index is 1.71. The van der Waals surface area contributed by atoms with Gasteiger partial charge in [-0.2, -0.15) is 0 Å². The highest BCUT2D eigenvalue weighted by Gasteiger charge is 2.35. The molecule has 0 spiro atoms. The highest BCUT2D eigenvalue weighted by molar-refractivity contribution is 5.89. The first-order chi connectivity index (χ1) is 18.6. The van der Waals surface area contributed by atoms with E-state index < -0.39 is 35.7 Å². The number of fused-ring (bicyclic) bond motifs is 3. The molecule has 0 unspecified atom stereocenters. The molecular weight excluding hydrogens is 492 g/mol. The minimum absolute atomic E-state index is 0.0939. The van der Waals surface area contributed by atoms with E-state index in [2.05, 4.69) is 30.6 Å². The van der Waals surface area contributed by atoms with E-state index in [1.54, 1.807) is 40.0 Å². The van der Waals surface area contributed by atoms with Crippen molar-refractivity contribution in [2.24, 2.45) is 0 Å². The molecule has 1 aliphatic rings. The van der Waals surface area contributed by atoms with E-state index in [0.717, 1.165) is 22.3 Å². The number of ether oxygens (including phenoxy) is 2. The van der Waals surface area contributed by atoms with Gasteiger partial charge >= 0.3 is 12.1 Å². The van der Waals surface area contributed by atoms with Crippen LogP contribution < -0.4 is 5.32 Å². The number of likely N-dealkylation sites (N-methyl/N-ethyl adjacent to an activating group) is 1. The second kappa shape index (κ2) is 13.3. The highest BCUT2D eigenvalue weighted by atomic mass is 16.6. The second-order valence-corrected chi connectivity index (χ2v) is 10.8. The van der Waals surface area contributed by atoms with Gasteiger partial charge in [-0.05, 0) is 68.7 Å². The van der Waals surface area contributed by atoms with Crippen LogP contribution >= 0.6 is 0 Å². The van der Waals surface area contributed by atoms with Gasteiger partial charge in [0.15, 0.2) is 0 Å². The number of nitrogens with zero attached hydrogens (tertiary/aromatic N) is 1. The molecule has 39 heavy (non-hydrogen) atoms. The summed E-state index contributed by atoms with van der Waals surface area (Å²) in [7, 11) is 1.56. The predicted octanol–water partition coefficient (Wildman–Crippen LogP) is 5.99. The zero-order valence-corrected chi connectivity index (χ0v) is 23.4. The van der Waals surface area contributed by atoms with Crippen LogP contribution in [0.1, 0.15) is 63.5 Å². The monoisotopic (exact) mass is 532 g/mol. The summed E-state index contributed by atoms with van der Waals surface area (Å²) < 4.78 is 11.2. The lowest BCUT2D eigenvalue weighted by Crippen LogP contribution is -2.53. The van der Waals surface area contributed by atoms with E-state index in [-0.39, 0.29) is 12.5 Å². The molecule has 208 valence electrons. The Bertz CT molecular complexity index is 1150. The highest BCUT2D eigenvalue weighted by Crippen LogP contribution is 2.44. The van der Waals surface area contributed by atoms with Crippen LogP contribution in [0.25, 0.3) is 11.1 Å². The smallest absolute Gasteiger partial charge is 0.407 e. The van der Waals surface area contributed by atoms with E-state index in [9.17, 15) is 14.4 Å². The first-order valence-electron chi connectivity index (χ1n) is 13.4. The largest absolute Gasteiger partial charge is 0.458 e. The first-order valence-corrected chi connectivity index (χ1v) is 13.4. The first kappa shape index (κ1) is 29.7. The van der Waals surface area contributed by atoms with E-state index in [4.69, 9.17) is 9.47 Å². The standard InChI is InChI=1S/C32H40N2O5/c1-7-9-19-27(29(35)34(6)28(20-10-8-2)30(36)39-32(3,4)5)33-31(37)38-21-26-24-17-13-11-15-22(24)23-16-12-14-18-25(23)26/h7-8,11-18,26-28H,1-2,9-10,19-21H2,3-6H3,(H,33,37)/t27-,28-/m0/s1. The van der Waals surface area contributed by atoms with Crippen LogP contribution in [0.2, 0.25) is 0 Å². The molecule has 0 bridgehead atoms. The molecule has 0 saturated carbocycles. The van der Waals surface area contributed by atoms with Gasteiger partial charge in [0.05, 0.1) is 0 Å². The lowest BCUT2D eigenvalue weighted by Gasteiger charge is -2.32. The van der Waals surface area contributed by atoms with Gasteiger partial charge in [0.1, 0.15) is 24.3 Å². The number of carbonyl (C=O) groups excluding carboxylic acids is 3.